The topological polar surface area (TPSA) is 83.0 Å². The van der Waals surface area contributed by atoms with E-state index in [1.54, 1.807) is 0 Å². The predicted octanol–water partition coefficient (Wildman–Crippen LogP) is 3.40. The van der Waals surface area contributed by atoms with E-state index in [9.17, 15) is 27.1 Å². The van der Waals surface area contributed by atoms with Crippen molar-refractivity contribution in [1.82, 2.24) is 15.0 Å². The monoisotopic (exact) mass is 429 g/mol. The number of nitrogens with zero attached hydrogens (tertiary/aromatic N) is 3. The molecule has 6 nitrogen and oxygen atoms in total. The quantitative estimate of drug-likeness (QED) is 0.492. The maximum Gasteiger partial charge on any atom is 0.252 e. The summed E-state index contributed by atoms with van der Waals surface area (Å²) in [5.41, 5.74) is -2.17. The van der Waals surface area contributed by atoms with Crippen LogP contribution >= 0.6 is 0 Å². The fourth-order valence-corrected chi connectivity index (χ4v) is 3.92. The number of aromatic nitrogens is 3. The van der Waals surface area contributed by atoms with Crippen molar-refractivity contribution in [2.45, 2.75) is 80.8 Å². The molecule has 162 valence electrons. The highest BCUT2D eigenvalue weighted by molar-refractivity contribution is 6.17. The molecule has 0 amide bonds. The van der Waals surface area contributed by atoms with E-state index >= 15 is 0 Å². The van der Waals surface area contributed by atoms with Gasteiger partial charge in [-0.25, -0.2) is 22.0 Å². The second-order valence-electron chi connectivity index (χ2n) is 8.44. The lowest BCUT2D eigenvalue weighted by Crippen LogP contribution is -2.45. The molecule has 12 heteroatoms. The Bertz CT molecular complexity index is 805. The van der Waals surface area contributed by atoms with Crippen LogP contribution in [0.5, 0.6) is 0 Å². The van der Waals surface area contributed by atoms with Crippen LogP contribution in [0.1, 0.15) is 57.2 Å². The van der Waals surface area contributed by atoms with Crippen molar-refractivity contribution in [3.05, 3.63) is 11.7 Å². The molecule has 0 aliphatic heterocycles. The van der Waals surface area contributed by atoms with Crippen LogP contribution in [-0.2, 0) is 0 Å². The highest BCUT2D eigenvalue weighted by Gasteiger charge is 2.47. The molecule has 0 spiro atoms. The highest BCUT2D eigenvalue weighted by atomic mass is 19.3. The molecule has 1 aromatic heterocycles. The Labute approximate surface area is 171 Å². The third-order valence-electron chi connectivity index (χ3n) is 5.63. The van der Waals surface area contributed by atoms with Gasteiger partial charge in [0.25, 0.3) is 11.8 Å². The normalized spacial score (nSPS) is 29.0. The molecule has 0 saturated heterocycles. The van der Waals surface area contributed by atoms with Crippen molar-refractivity contribution in [2.24, 2.45) is 0 Å². The van der Waals surface area contributed by atoms with Gasteiger partial charge in [-0.1, -0.05) is 6.42 Å². The van der Waals surface area contributed by atoms with Crippen LogP contribution in [0, 0.1) is 0 Å². The van der Waals surface area contributed by atoms with Crippen molar-refractivity contribution >= 4 is 25.3 Å². The Morgan fingerprint density at radius 1 is 0.867 bits per heavy atom. The van der Waals surface area contributed by atoms with Gasteiger partial charge >= 0.3 is 0 Å². The number of hydrogen-bond donors (Lipinski definition) is 3. The summed E-state index contributed by atoms with van der Waals surface area (Å²) < 4.78 is 67.5. The van der Waals surface area contributed by atoms with Crippen LogP contribution in [0.2, 0.25) is 0 Å². The molecule has 3 aliphatic carbocycles. The first kappa shape index (κ1) is 21.3. The molecule has 3 N–H and O–H groups in total. The summed E-state index contributed by atoms with van der Waals surface area (Å²) in [6, 6.07) is -1.15. The summed E-state index contributed by atoms with van der Waals surface area (Å²) in [5, 5.41) is 15.7. The molecule has 2 radical (unpaired) electrons. The van der Waals surface area contributed by atoms with Gasteiger partial charge in [0.2, 0.25) is 11.9 Å². The van der Waals surface area contributed by atoms with Crippen LogP contribution in [0.3, 0.4) is 0 Å². The molecule has 1 heterocycles. The zero-order chi connectivity index (χ0) is 21.7. The zero-order valence-electron chi connectivity index (χ0n) is 16.1. The van der Waals surface area contributed by atoms with Gasteiger partial charge in [-0.15, -0.1) is 0 Å². The Kier molecular flexibility index (Phi) is 5.18. The minimum Gasteiger partial charge on any atom is -0.393 e. The first-order valence-electron chi connectivity index (χ1n) is 9.88. The lowest BCUT2D eigenvalue weighted by atomic mass is 9.76. The minimum absolute atomic E-state index is 0.0103. The number of anilines is 2. The molecule has 2 fully saturated rings. The Morgan fingerprint density at radius 3 is 1.83 bits per heavy atom. The molecule has 3 aliphatic rings. The van der Waals surface area contributed by atoms with Gasteiger partial charge in [-0.2, -0.15) is 15.0 Å². The third-order valence-corrected chi connectivity index (χ3v) is 5.63. The molecule has 0 bridgehead atoms. The molecule has 1 unspecified atom stereocenters. The summed E-state index contributed by atoms with van der Waals surface area (Å²) in [6.07, 6.45) is -0.342. The smallest absolute Gasteiger partial charge is 0.252 e. The van der Waals surface area contributed by atoms with E-state index in [0.717, 1.165) is 0 Å². The molecule has 1 aromatic rings. The Morgan fingerprint density at radius 2 is 1.37 bits per heavy atom. The number of halogens is 5. The Balaban J connectivity index is 1.63. The maximum absolute atomic E-state index is 14.9. The van der Waals surface area contributed by atoms with Gasteiger partial charge in [0, 0.05) is 43.3 Å². The van der Waals surface area contributed by atoms with Crippen molar-refractivity contribution in [3.8, 4) is 0 Å². The summed E-state index contributed by atoms with van der Waals surface area (Å²) in [5.74, 6) is -6.75. The summed E-state index contributed by atoms with van der Waals surface area (Å²) in [6.45, 7) is 0. The van der Waals surface area contributed by atoms with Crippen LogP contribution in [0.25, 0.3) is 5.57 Å². The molecule has 2 saturated carbocycles. The van der Waals surface area contributed by atoms with E-state index < -0.39 is 60.9 Å². The number of aliphatic hydroxyl groups is 1. The SMILES string of the molecule is [B]C1(O)CCCCC(c2nc(NC3CC(F)(F)C3)nc(NC3CC(F)(F)C3)n2)=C1F. The van der Waals surface area contributed by atoms with Crippen LogP contribution < -0.4 is 10.6 Å². The zero-order valence-corrected chi connectivity index (χ0v) is 16.1. The largest absolute Gasteiger partial charge is 0.393 e. The van der Waals surface area contributed by atoms with E-state index in [1.807, 2.05) is 0 Å². The average molecular weight is 429 g/mol. The first-order valence-corrected chi connectivity index (χ1v) is 9.88. The number of hydrogen-bond acceptors (Lipinski definition) is 6. The molecule has 30 heavy (non-hydrogen) atoms. The predicted molar refractivity (Wildman–Crippen MR) is 100 cm³/mol. The number of rotatable bonds is 5. The average Bonchev–Trinajstić information content (AvgIpc) is 2.70. The fourth-order valence-electron chi connectivity index (χ4n) is 3.92. The fraction of sp³-hybridized carbons (Fsp3) is 0.722. The van der Waals surface area contributed by atoms with E-state index in [-0.39, 0.29) is 36.1 Å². The minimum atomic E-state index is -2.77. The molecule has 0 aromatic carbocycles. The number of nitrogens with one attached hydrogen (secondary N) is 2. The molecule has 1 atom stereocenters. The second-order valence-corrected chi connectivity index (χ2v) is 8.44. The highest BCUT2D eigenvalue weighted by Crippen LogP contribution is 2.41. The summed E-state index contributed by atoms with van der Waals surface area (Å²) in [7, 11) is 5.66. The van der Waals surface area contributed by atoms with Gasteiger partial charge in [0.05, 0.1) is 5.50 Å². The molecular formula is C18H21BF5N5O. The van der Waals surface area contributed by atoms with Crippen molar-refractivity contribution in [1.29, 1.82) is 0 Å². The van der Waals surface area contributed by atoms with Gasteiger partial charge in [0.15, 0.2) is 5.82 Å². The summed E-state index contributed by atoms with van der Waals surface area (Å²) >= 11 is 0. The summed E-state index contributed by atoms with van der Waals surface area (Å²) in [4.78, 5) is 12.3. The van der Waals surface area contributed by atoms with E-state index in [1.165, 1.54) is 0 Å². The molecular weight excluding hydrogens is 408 g/mol. The van der Waals surface area contributed by atoms with Gasteiger partial charge in [-0.05, 0) is 19.3 Å². The first-order chi connectivity index (χ1) is 13.9. The standard InChI is InChI=1S/C18H21BF5N5O/c19-18(30)4-2-1-3-11(12(18)20)13-27-14(25-9-5-16(21,22)6-9)29-15(28-13)26-10-7-17(23,24)8-10/h9-10,30H,1-8H2,(H2,25,26,27,28,29). The number of alkyl halides is 4. The number of allylic oxidation sites excluding steroid dienone is 1. The molecule has 4 rings (SSSR count). The van der Waals surface area contributed by atoms with Gasteiger partial charge < -0.3 is 15.7 Å². The van der Waals surface area contributed by atoms with E-state index in [2.05, 4.69) is 25.6 Å². The lowest BCUT2D eigenvalue weighted by Gasteiger charge is -2.36. The maximum atomic E-state index is 14.9. The van der Waals surface area contributed by atoms with Crippen molar-refractivity contribution in [3.63, 3.8) is 0 Å². The van der Waals surface area contributed by atoms with Crippen LogP contribution in [0.15, 0.2) is 5.83 Å². The third kappa shape index (κ3) is 4.52. The second kappa shape index (κ2) is 7.31. The van der Waals surface area contributed by atoms with Gasteiger partial charge in [0.1, 0.15) is 13.7 Å². The lowest BCUT2D eigenvalue weighted by molar-refractivity contribution is -0.0799. The van der Waals surface area contributed by atoms with E-state index in [0.29, 0.717) is 12.8 Å². The van der Waals surface area contributed by atoms with Crippen molar-refractivity contribution < 1.29 is 27.1 Å². The van der Waals surface area contributed by atoms with Crippen LogP contribution in [-0.4, -0.2) is 57.3 Å². The van der Waals surface area contributed by atoms with Gasteiger partial charge in [-0.3, -0.25) is 0 Å². The van der Waals surface area contributed by atoms with E-state index in [4.69, 9.17) is 7.85 Å². The Hall–Kier alpha value is -1.98. The van der Waals surface area contributed by atoms with Crippen LogP contribution in [0.4, 0.5) is 33.8 Å². The van der Waals surface area contributed by atoms with Crippen molar-refractivity contribution in [2.75, 3.05) is 10.6 Å².